The number of nitrogen functional groups attached to an aromatic ring is 1. The van der Waals surface area contributed by atoms with Crippen molar-refractivity contribution in [2.24, 2.45) is 5.92 Å². The highest BCUT2D eigenvalue weighted by Crippen LogP contribution is 2.31. The summed E-state index contributed by atoms with van der Waals surface area (Å²) in [7, 11) is 1.53. The van der Waals surface area contributed by atoms with Crippen molar-refractivity contribution in [1.29, 1.82) is 0 Å². The van der Waals surface area contributed by atoms with Crippen molar-refractivity contribution in [1.82, 2.24) is 15.3 Å². The van der Waals surface area contributed by atoms with Crippen molar-refractivity contribution >= 4 is 33.4 Å². The minimum atomic E-state index is -0.0694. The fourth-order valence-corrected chi connectivity index (χ4v) is 4.10. The maximum Gasteiger partial charge on any atom is 0.261 e. The molecule has 1 saturated carbocycles. The minimum Gasteiger partial charge on any atom is -0.480 e. The Kier molecular flexibility index (Phi) is 4.95. The molecule has 23 heavy (non-hydrogen) atoms. The molecule has 2 aromatic rings. The van der Waals surface area contributed by atoms with Gasteiger partial charge in [-0.2, -0.15) is 4.98 Å². The Hall–Kier alpha value is -1.89. The fourth-order valence-electron chi connectivity index (χ4n) is 3.16. The number of ether oxygens (including phenoxy) is 1. The number of hydrogen-bond acceptors (Lipinski definition) is 6. The topological polar surface area (TPSA) is 90.1 Å². The number of anilines is 1. The molecule has 0 aromatic carbocycles. The first-order chi connectivity index (χ1) is 11.2. The second kappa shape index (κ2) is 7.12. The quantitative estimate of drug-likeness (QED) is 0.793. The van der Waals surface area contributed by atoms with Gasteiger partial charge in [0.25, 0.3) is 5.91 Å². The number of carbonyl (C=O) groups is 1. The maximum atomic E-state index is 12.3. The number of carbonyl (C=O) groups excluding carboxylic acids is 1. The summed E-state index contributed by atoms with van der Waals surface area (Å²) in [4.78, 5) is 21.7. The number of hydrogen-bond donors (Lipinski definition) is 2. The maximum absolute atomic E-state index is 12.3. The summed E-state index contributed by atoms with van der Waals surface area (Å²) in [5.74, 6) is 1.35. The monoisotopic (exact) mass is 334 g/mol. The standard InChI is InChI=1S/C16H22N4O2S/c1-22-14-11-9-12(23-15(11)20-16(17)19-14)13(21)18-8-4-7-10-5-2-3-6-10/h9-10H,2-8H2,1H3,(H,18,21)(H2,17,19,20). The molecule has 124 valence electrons. The molecule has 0 aliphatic heterocycles. The number of aromatic nitrogens is 2. The van der Waals surface area contributed by atoms with Crippen LogP contribution in [0, 0.1) is 5.92 Å². The first kappa shape index (κ1) is 16.0. The van der Waals surface area contributed by atoms with Gasteiger partial charge in [-0.1, -0.05) is 25.7 Å². The molecule has 1 fully saturated rings. The number of rotatable bonds is 6. The van der Waals surface area contributed by atoms with Gasteiger partial charge in [-0.05, 0) is 24.8 Å². The molecular weight excluding hydrogens is 312 g/mol. The normalized spacial score (nSPS) is 15.2. The van der Waals surface area contributed by atoms with Gasteiger partial charge in [-0.15, -0.1) is 11.3 Å². The van der Waals surface area contributed by atoms with Crippen molar-refractivity contribution in [2.75, 3.05) is 19.4 Å². The van der Waals surface area contributed by atoms with E-state index in [4.69, 9.17) is 10.5 Å². The minimum absolute atomic E-state index is 0.0694. The van der Waals surface area contributed by atoms with Crippen molar-refractivity contribution in [2.45, 2.75) is 38.5 Å². The van der Waals surface area contributed by atoms with Crippen LogP contribution >= 0.6 is 11.3 Å². The highest BCUT2D eigenvalue weighted by molar-refractivity contribution is 7.20. The molecule has 1 aliphatic carbocycles. The van der Waals surface area contributed by atoms with Crippen LogP contribution in [0.15, 0.2) is 6.07 Å². The Bertz CT molecular complexity index is 695. The van der Waals surface area contributed by atoms with E-state index in [1.54, 1.807) is 6.07 Å². The van der Waals surface area contributed by atoms with Gasteiger partial charge in [-0.25, -0.2) is 4.98 Å². The number of nitrogens with zero attached hydrogens (tertiary/aromatic N) is 2. The van der Waals surface area contributed by atoms with E-state index in [2.05, 4.69) is 15.3 Å². The van der Waals surface area contributed by atoms with Gasteiger partial charge in [0.15, 0.2) is 0 Å². The number of amides is 1. The number of fused-ring (bicyclic) bond motifs is 1. The summed E-state index contributed by atoms with van der Waals surface area (Å²) in [5.41, 5.74) is 5.65. The number of nitrogens with two attached hydrogens (primary N) is 1. The third-order valence-corrected chi connectivity index (χ3v) is 5.37. The van der Waals surface area contributed by atoms with Crippen molar-refractivity contribution in [3.05, 3.63) is 10.9 Å². The van der Waals surface area contributed by atoms with Crippen LogP contribution in [-0.4, -0.2) is 29.5 Å². The molecule has 0 saturated heterocycles. The Morgan fingerprint density at radius 2 is 2.22 bits per heavy atom. The molecule has 0 spiro atoms. The summed E-state index contributed by atoms with van der Waals surface area (Å²) in [6.45, 7) is 0.717. The van der Waals surface area contributed by atoms with Crippen LogP contribution in [-0.2, 0) is 0 Å². The summed E-state index contributed by atoms with van der Waals surface area (Å²) in [6.07, 6.45) is 7.68. The average Bonchev–Trinajstić information content (AvgIpc) is 3.19. The van der Waals surface area contributed by atoms with E-state index in [9.17, 15) is 4.79 Å². The van der Waals surface area contributed by atoms with E-state index < -0.39 is 0 Å². The largest absolute Gasteiger partial charge is 0.480 e. The first-order valence-corrected chi connectivity index (χ1v) is 8.88. The van der Waals surface area contributed by atoms with E-state index in [0.29, 0.717) is 22.1 Å². The van der Waals surface area contributed by atoms with E-state index in [1.807, 2.05) is 0 Å². The predicted octanol–water partition coefficient (Wildman–Crippen LogP) is 2.98. The Balaban J connectivity index is 1.59. The summed E-state index contributed by atoms with van der Waals surface area (Å²) < 4.78 is 5.20. The number of methoxy groups -OCH3 is 1. The molecule has 2 aromatic heterocycles. The van der Waals surface area contributed by atoms with Gasteiger partial charge < -0.3 is 15.8 Å². The molecule has 2 heterocycles. The van der Waals surface area contributed by atoms with Crippen molar-refractivity contribution in [3.8, 4) is 5.88 Å². The molecule has 0 unspecified atom stereocenters. The second-order valence-corrected chi connectivity index (χ2v) is 7.00. The van der Waals surface area contributed by atoms with Gasteiger partial charge in [0.2, 0.25) is 11.8 Å². The molecule has 7 heteroatoms. The molecular formula is C16H22N4O2S. The van der Waals surface area contributed by atoms with Gasteiger partial charge >= 0.3 is 0 Å². The van der Waals surface area contributed by atoms with Crippen LogP contribution in [0.5, 0.6) is 5.88 Å². The number of thiophene rings is 1. The summed E-state index contributed by atoms with van der Waals surface area (Å²) in [6, 6.07) is 1.77. The molecule has 6 nitrogen and oxygen atoms in total. The zero-order valence-electron chi connectivity index (χ0n) is 13.3. The van der Waals surface area contributed by atoms with Crippen LogP contribution in [0.1, 0.15) is 48.2 Å². The van der Waals surface area contributed by atoms with E-state index in [1.165, 1.54) is 50.6 Å². The lowest BCUT2D eigenvalue weighted by Gasteiger charge is -2.08. The van der Waals surface area contributed by atoms with Crippen LogP contribution < -0.4 is 15.8 Å². The number of nitrogens with one attached hydrogen (secondary N) is 1. The van der Waals surface area contributed by atoms with Gasteiger partial charge in [0, 0.05) is 6.54 Å². The highest BCUT2D eigenvalue weighted by atomic mass is 32.1. The van der Waals surface area contributed by atoms with Crippen molar-refractivity contribution < 1.29 is 9.53 Å². The average molecular weight is 334 g/mol. The van der Waals surface area contributed by atoms with E-state index >= 15 is 0 Å². The molecule has 0 atom stereocenters. The molecule has 0 bridgehead atoms. The molecule has 0 radical (unpaired) electrons. The van der Waals surface area contributed by atoms with Crippen LogP contribution in [0.4, 0.5) is 5.95 Å². The predicted molar refractivity (Wildman–Crippen MR) is 91.9 cm³/mol. The lowest BCUT2D eigenvalue weighted by atomic mass is 10.0. The smallest absolute Gasteiger partial charge is 0.261 e. The summed E-state index contributed by atoms with van der Waals surface area (Å²) in [5, 5.41) is 3.71. The lowest BCUT2D eigenvalue weighted by Crippen LogP contribution is -2.23. The lowest BCUT2D eigenvalue weighted by molar-refractivity contribution is 0.0956. The van der Waals surface area contributed by atoms with Crippen molar-refractivity contribution in [3.63, 3.8) is 0 Å². The van der Waals surface area contributed by atoms with Gasteiger partial charge in [0.1, 0.15) is 4.83 Å². The Morgan fingerprint density at radius 1 is 1.43 bits per heavy atom. The fraction of sp³-hybridized carbons (Fsp3) is 0.562. The highest BCUT2D eigenvalue weighted by Gasteiger charge is 2.17. The van der Waals surface area contributed by atoms with Gasteiger partial charge in [-0.3, -0.25) is 4.79 Å². The first-order valence-electron chi connectivity index (χ1n) is 8.06. The molecule has 1 aliphatic rings. The van der Waals surface area contributed by atoms with E-state index in [0.717, 1.165) is 17.7 Å². The van der Waals surface area contributed by atoms with Gasteiger partial charge in [0.05, 0.1) is 17.4 Å². The van der Waals surface area contributed by atoms with E-state index in [-0.39, 0.29) is 11.9 Å². The Morgan fingerprint density at radius 3 is 2.96 bits per heavy atom. The van der Waals surface area contributed by atoms with Crippen LogP contribution in [0.25, 0.3) is 10.2 Å². The van der Waals surface area contributed by atoms with Crippen LogP contribution in [0.3, 0.4) is 0 Å². The zero-order chi connectivity index (χ0) is 16.2. The molecule has 1 amide bonds. The third kappa shape index (κ3) is 3.72. The third-order valence-electron chi connectivity index (χ3n) is 4.34. The molecule has 3 rings (SSSR count). The second-order valence-electron chi connectivity index (χ2n) is 5.97. The van der Waals surface area contributed by atoms with Crippen LogP contribution in [0.2, 0.25) is 0 Å². The SMILES string of the molecule is COc1nc(N)nc2sc(C(=O)NCCCC3CCCC3)cc12. The Labute approximate surface area is 139 Å². The summed E-state index contributed by atoms with van der Waals surface area (Å²) >= 11 is 1.31. The zero-order valence-corrected chi connectivity index (χ0v) is 14.1. The molecule has 3 N–H and O–H groups in total.